The lowest BCUT2D eigenvalue weighted by Crippen LogP contribution is -2.43. The van der Waals surface area contributed by atoms with Gasteiger partial charge in [-0.2, -0.15) is 0 Å². The highest BCUT2D eigenvalue weighted by Gasteiger charge is 2.26. The molecule has 200 valence electrons. The molecule has 2 amide bonds. The maximum atomic E-state index is 13.4. The molecule has 1 aliphatic rings. The first-order valence-corrected chi connectivity index (χ1v) is 12.8. The van der Waals surface area contributed by atoms with Crippen molar-refractivity contribution >= 4 is 52.0 Å². The van der Waals surface area contributed by atoms with E-state index in [2.05, 4.69) is 15.3 Å². The summed E-state index contributed by atoms with van der Waals surface area (Å²) in [6.45, 7) is 6.81. The van der Waals surface area contributed by atoms with Gasteiger partial charge in [0, 0.05) is 35.2 Å². The molecule has 12 nitrogen and oxygen atoms in total. The molecule has 1 saturated heterocycles. The summed E-state index contributed by atoms with van der Waals surface area (Å²) in [4.78, 5) is 59.6. The number of hydrogen-bond donors (Lipinski definition) is 3. The Balaban J connectivity index is 1.72. The number of piperidine rings is 1. The van der Waals surface area contributed by atoms with Gasteiger partial charge in [0.2, 0.25) is 0 Å². The maximum absolute atomic E-state index is 13.4. The summed E-state index contributed by atoms with van der Waals surface area (Å²) in [6.07, 6.45) is 3.27. The Kier molecular flexibility index (Phi) is 7.49. The van der Waals surface area contributed by atoms with E-state index in [-0.39, 0.29) is 34.6 Å². The summed E-state index contributed by atoms with van der Waals surface area (Å²) in [6, 6.07) is 2.95. The molecule has 4 rings (SSSR count). The number of anilines is 2. The van der Waals surface area contributed by atoms with Gasteiger partial charge in [-0.3, -0.25) is 19.3 Å². The van der Waals surface area contributed by atoms with Crippen molar-refractivity contribution in [3.8, 4) is 0 Å². The Hall–Kier alpha value is -4.26. The van der Waals surface area contributed by atoms with Crippen molar-refractivity contribution in [3.63, 3.8) is 0 Å². The third-order valence-electron chi connectivity index (χ3n) is 5.95. The first-order chi connectivity index (χ1) is 17.9. The SMILES string of the molecule is CC(C)(C)c1csc(NC(=O)c2ccn3c(=O)c(C=CC(=O)O)c(N4CCC[C@H](OC(N)=O)C4)nc3c2)n1. The van der Waals surface area contributed by atoms with E-state index in [4.69, 9.17) is 15.6 Å². The van der Waals surface area contributed by atoms with Crippen molar-refractivity contribution in [1.82, 2.24) is 14.4 Å². The number of aliphatic carboxylic acids is 1. The van der Waals surface area contributed by atoms with Gasteiger partial charge in [0.15, 0.2) is 5.13 Å². The largest absolute Gasteiger partial charge is 0.478 e. The van der Waals surface area contributed by atoms with Crippen LogP contribution in [0.1, 0.15) is 55.2 Å². The lowest BCUT2D eigenvalue weighted by Gasteiger charge is -2.33. The monoisotopic (exact) mass is 540 g/mol. The van der Waals surface area contributed by atoms with Crippen LogP contribution in [-0.4, -0.2) is 56.6 Å². The number of nitrogens with zero attached hydrogens (tertiary/aromatic N) is 4. The Bertz CT molecular complexity index is 1490. The fourth-order valence-electron chi connectivity index (χ4n) is 4.06. The molecule has 4 N–H and O–H groups in total. The molecule has 4 heterocycles. The summed E-state index contributed by atoms with van der Waals surface area (Å²) in [7, 11) is 0. The predicted molar refractivity (Wildman–Crippen MR) is 143 cm³/mol. The number of primary amides is 1. The van der Waals surface area contributed by atoms with Crippen molar-refractivity contribution in [2.24, 2.45) is 5.73 Å². The minimum absolute atomic E-state index is 0.0549. The van der Waals surface area contributed by atoms with Gasteiger partial charge in [-0.15, -0.1) is 11.3 Å². The first-order valence-electron chi connectivity index (χ1n) is 11.9. The van der Waals surface area contributed by atoms with Crippen molar-refractivity contribution < 1.29 is 24.2 Å². The lowest BCUT2D eigenvalue weighted by atomic mass is 9.93. The summed E-state index contributed by atoms with van der Waals surface area (Å²) in [5, 5.41) is 14.3. The van der Waals surface area contributed by atoms with Crippen molar-refractivity contribution in [2.75, 3.05) is 23.3 Å². The van der Waals surface area contributed by atoms with Gasteiger partial charge in [0.05, 0.1) is 17.8 Å². The standard InChI is InChI=1S/C25H28N6O6S/c1-25(2,3)17-13-38-24(27-17)29-21(34)14-8-10-31-18(11-14)28-20(16(22(31)35)6-7-19(32)33)30-9-4-5-15(12-30)37-23(26)36/h6-8,10-11,13,15H,4-5,9,12H2,1-3H3,(H2,26,36)(H,32,33)(H,27,29,34)/t15-/m0/s1. The minimum atomic E-state index is -1.22. The average molecular weight is 541 g/mol. The van der Waals surface area contributed by atoms with E-state index >= 15 is 0 Å². The highest BCUT2D eigenvalue weighted by atomic mass is 32.1. The number of nitrogens with two attached hydrogens (primary N) is 1. The maximum Gasteiger partial charge on any atom is 0.404 e. The molecule has 1 atom stereocenters. The normalized spacial score (nSPS) is 16.1. The average Bonchev–Trinajstić information content (AvgIpc) is 3.32. The summed E-state index contributed by atoms with van der Waals surface area (Å²) in [5.41, 5.74) is 5.87. The van der Waals surface area contributed by atoms with Gasteiger partial charge < -0.3 is 20.5 Å². The number of carbonyl (C=O) groups excluding carboxylic acids is 2. The number of carboxylic acid groups (broad SMARTS) is 1. The van der Waals surface area contributed by atoms with Crippen LogP contribution >= 0.6 is 11.3 Å². The van der Waals surface area contributed by atoms with E-state index in [1.54, 1.807) is 4.90 Å². The van der Waals surface area contributed by atoms with Gasteiger partial charge in [-0.25, -0.2) is 19.6 Å². The number of nitrogens with one attached hydrogen (secondary N) is 1. The number of ether oxygens (including phenoxy) is 1. The number of thiazole rings is 1. The molecule has 1 aliphatic heterocycles. The first kappa shape index (κ1) is 26.8. The zero-order valence-electron chi connectivity index (χ0n) is 21.1. The van der Waals surface area contributed by atoms with E-state index in [1.165, 1.54) is 40.1 Å². The molecule has 0 bridgehead atoms. The number of amides is 2. The van der Waals surface area contributed by atoms with Crippen LogP contribution in [0.15, 0.2) is 34.6 Å². The molecule has 38 heavy (non-hydrogen) atoms. The molecule has 0 radical (unpaired) electrons. The third-order valence-corrected chi connectivity index (χ3v) is 6.71. The van der Waals surface area contributed by atoms with Gasteiger partial charge in [-0.1, -0.05) is 20.8 Å². The number of aromatic nitrogens is 3. The fourth-order valence-corrected chi connectivity index (χ4v) is 4.99. The second-order valence-corrected chi connectivity index (χ2v) is 10.7. The van der Waals surface area contributed by atoms with E-state index < -0.39 is 29.6 Å². The van der Waals surface area contributed by atoms with E-state index in [0.29, 0.717) is 24.5 Å². The number of carboxylic acids is 1. The molecule has 3 aromatic heterocycles. The fraction of sp³-hybridized carbons (Fsp3) is 0.360. The molecule has 0 aromatic carbocycles. The molecule has 1 fully saturated rings. The van der Waals surface area contributed by atoms with Crippen molar-refractivity contribution in [3.05, 3.63) is 57.0 Å². The Morgan fingerprint density at radius 1 is 1.29 bits per heavy atom. The Labute approximate surface area is 221 Å². The smallest absolute Gasteiger partial charge is 0.404 e. The number of fused-ring (bicyclic) bond motifs is 1. The summed E-state index contributed by atoms with van der Waals surface area (Å²) >= 11 is 1.32. The Morgan fingerprint density at radius 2 is 2.05 bits per heavy atom. The van der Waals surface area contributed by atoms with Gasteiger partial charge in [-0.05, 0) is 31.1 Å². The number of hydrogen-bond acceptors (Lipinski definition) is 9. The number of rotatable bonds is 6. The lowest BCUT2D eigenvalue weighted by molar-refractivity contribution is -0.131. The molecule has 0 aliphatic carbocycles. The molecular weight excluding hydrogens is 512 g/mol. The molecule has 0 saturated carbocycles. The second kappa shape index (κ2) is 10.6. The quantitative estimate of drug-likeness (QED) is 0.398. The van der Waals surface area contributed by atoms with Gasteiger partial charge in [0.25, 0.3) is 11.5 Å². The van der Waals surface area contributed by atoms with Crippen LogP contribution in [0.25, 0.3) is 11.7 Å². The van der Waals surface area contributed by atoms with Crippen LogP contribution in [0, 0.1) is 0 Å². The van der Waals surface area contributed by atoms with Crippen LogP contribution < -0.4 is 21.5 Å². The van der Waals surface area contributed by atoms with Crippen LogP contribution in [-0.2, 0) is 14.9 Å². The van der Waals surface area contributed by atoms with Crippen LogP contribution in [0.2, 0.25) is 0 Å². The summed E-state index contributed by atoms with van der Waals surface area (Å²) < 4.78 is 6.38. The molecule has 3 aromatic rings. The number of pyridine rings is 1. The van der Waals surface area contributed by atoms with Gasteiger partial charge >= 0.3 is 12.1 Å². The van der Waals surface area contributed by atoms with Crippen LogP contribution in [0.4, 0.5) is 15.7 Å². The van der Waals surface area contributed by atoms with Crippen molar-refractivity contribution in [2.45, 2.75) is 45.1 Å². The topological polar surface area (TPSA) is 169 Å². The second-order valence-electron chi connectivity index (χ2n) is 9.86. The zero-order valence-corrected chi connectivity index (χ0v) is 21.9. The van der Waals surface area contributed by atoms with Crippen molar-refractivity contribution in [1.29, 1.82) is 0 Å². The Morgan fingerprint density at radius 3 is 2.71 bits per heavy atom. The highest BCUT2D eigenvalue weighted by molar-refractivity contribution is 7.14. The number of carbonyl (C=O) groups is 3. The third kappa shape index (κ3) is 5.99. The van der Waals surface area contributed by atoms with E-state index in [1.807, 2.05) is 26.2 Å². The minimum Gasteiger partial charge on any atom is -0.478 e. The van der Waals surface area contributed by atoms with E-state index in [9.17, 15) is 19.2 Å². The van der Waals surface area contributed by atoms with E-state index in [0.717, 1.165) is 11.8 Å². The highest BCUT2D eigenvalue weighted by Crippen LogP contribution is 2.27. The summed E-state index contributed by atoms with van der Waals surface area (Å²) in [5.74, 6) is -1.42. The van der Waals surface area contributed by atoms with Gasteiger partial charge in [0.1, 0.15) is 17.6 Å². The molecular formula is C25H28N6O6S. The molecule has 0 unspecified atom stereocenters. The predicted octanol–water partition coefficient (Wildman–Crippen LogP) is 2.86. The van der Waals surface area contributed by atoms with Crippen LogP contribution in [0.5, 0.6) is 0 Å². The molecule has 0 spiro atoms. The zero-order chi connectivity index (χ0) is 27.6. The molecule has 13 heteroatoms. The van der Waals surface area contributed by atoms with Crippen LogP contribution in [0.3, 0.4) is 0 Å².